The van der Waals surface area contributed by atoms with Gasteiger partial charge in [-0.25, -0.2) is 5.48 Å². The summed E-state index contributed by atoms with van der Waals surface area (Å²) in [5.74, 6) is 1.84. The molecule has 4 N–H and O–H groups in total. The molecule has 0 saturated heterocycles. The van der Waals surface area contributed by atoms with Gasteiger partial charge >= 0.3 is 0 Å². The lowest BCUT2D eigenvalue weighted by molar-refractivity contribution is -0.129. The SMILES string of the molecule is CCC(CC)(c1ccc(OCCCCCC(=O)NO)cc1)c1nc(OCC(O)C(C)(C)C)c(C)[nH]1. The number of aliphatic hydroxyl groups excluding tert-OH is 1. The number of aromatic amines is 1. The van der Waals surface area contributed by atoms with Gasteiger partial charge in [0.1, 0.15) is 18.2 Å². The molecule has 0 aliphatic heterocycles. The fraction of sp³-hybridized carbons (Fsp3) is 0.630. The van der Waals surface area contributed by atoms with Crippen molar-refractivity contribution in [1.29, 1.82) is 0 Å². The molecule has 2 aromatic rings. The Balaban J connectivity index is 2.05. The fourth-order valence-corrected chi connectivity index (χ4v) is 4.03. The first-order valence-electron chi connectivity index (χ1n) is 12.6. The highest BCUT2D eigenvalue weighted by molar-refractivity contribution is 5.74. The molecule has 2 rings (SSSR count). The molecular formula is C27H43N3O5. The van der Waals surface area contributed by atoms with Gasteiger partial charge in [-0.05, 0) is 62.1 Å². The van der Waals surface area contributed by atoms with Crippen molar-refractivity contribution in [1.82, 2.24) is 15.4 Å². The van der Waals surface area contributed by atoms with Crippen LogP contribution in [0.3, 0.4) is 0 Å². The second kappa shape index (κ2) is 12.9. The number of unbranched alkanes of at least 4 members (excludes halogenated alkanes) is 2. The number of imidazole rings is 1. The van der Waals surface area contributed by atoms with Crippen LogP contribution in [0.15, 0.2) is 24.3 Å². The molecule has 1 aromatic heterocycles. The summed E-state index contributed by atoms with van der Waals surface area (Å²) in [6.07, 6.45) is 3.87. The largest absolute Gasteiger partial charge is 0.494 e. The molecule has 0 aliphatic rings. The number of amides is 1. The average molecular weight is 490 g/mol. The zero-order valence-corrected chi connectivity index (χ0v) is 22.1. The smallest absolute Gasteiger partial charge is 0.243 e. The average Bonchev–Trinajstić information content (AvgIpc) is 3.21. The maximum atomic E-state index is 11.0. The third-order valence-electron chi connectivity index (χ3n) is 6.73. The van der Waals surface area contributed by atoms with E-state index in [0.29, 0.717) is 25.3 Å². The predicted octanol–water partition coefficient (Wildman–Crippen LogP) is 5.05. The van der Waals surface area contributed by atoms with Crippen LogP contribution in [-0.2, 0) is 10.2 Å². The van der Waals surface area contributed by atoms with Gasteiger partial charge in [0, 0.05) is 6.42 Å². The maximum absolute atomic E-state index is 11.0. The van der Waals surface area contributed by atoms with Crippen molar-refractivity contribution in [3.05, 3.63) is 41.3 Å². The summed E-state index contributed by atoms with van der Waals surface area (Å²) in [6, 6.07) is 8.16. The van der Waals surface area contributed by atoms with Crippen LogP contribution in [0.5, 0.6) is 11.6 Å². The molecule has 1 heterocycles. The van der Waals surface area contributed by atoms with Gasteiger partial charge < -0.3 is 19.6 Å². The Morgan fingerprint density at radius 2 is 1.74 bits per heavy atom. The van der Waals surface area contributed by atoms with Gasteiger partial charge in [0.25, 0.3) is 0 Å². The van der Waals surface area contributed by atoms with Crippen molar-refractivity contribution in [2.24, 2.45) is 5.41 Å². The Kier molecular flexibility index (Phi) is 10.6. The minimum Gasteiger partial charge on any atom is -0.494 e. The molecule has 1 aromatic carbocycles. The van der Waals surface area contributed by atoms with Gasteiger partial charge in [-0.15, -0.1) is 0 Å². The molecule has 0 aliphatic carbocycles. The summed E-state index contributed by atoms with van der Waals surface area (Å²) >= 11 is 0. The van der Waals surface area contributed by atoms with Crippen LogP contribution in [0.25, 0.3) is 0 Å². The van der Waals surface area contributed by atoms with Crippen molar-refractivity contribution in [2.75, 3.05) is 13.2 Å². The summed E-state index contributed by atoms with van der Waals surface area (Å²) < 4.78 is 11.8. The Morgan fingerprint density at radius 3 is 2.31 bits per heavy atom. The van der Waals surface area contributed by atoms with Crippen LogP contribution in [0.1, 0.15) is 90.2 Å². The van der Waals surface area contributed by atoms with Crippen LogP contribution in [0.4, 0.5) is 0 Å². The van der Waals surface area contributed by atoms with Crippen molar-refractivity contribution >= 4 is 5.91 Å². The monoisotopic (exact) mass is 489 g/mol. The van der Waals surface area contributed by atoms with E-state index in [1.807, 2.05) is 39.8 Å². The third kappa shape index (κ3) is 7.70. The molecule has 0 bridgehead atoms. The van der Waals surface area contributed by atoms with Gasteiger partial charge in [0.15, 0.2) is 0 Å². The minimum atomic E-state index is -0.586. The second-order valence-corrected chi connectivity index (χ2v) is 10.2. The van der Waals surface area contributed by atoms with Crippen molar-refractivity contribution in [2.45, 2.75) is 91.6 Å². The standard InChI is InChI=1S/C27H43N3O5/c1-7-27(8-2,25-28-19(3)24(29-25)35-18-22(31)26(4,5)6)20-13-15-21(16-14-20)34-17-11-9-10-12-23(32)30-33/h13-16,22,31,33H,7-12,17-18H2,1-6H3,(H,28,29)(H,30,32). The molecule has 1 unspecified atom stereocenters. The van der Waals surface area contributed by atoms with E-state index in [0.717, 1.165) is 48.5 Å². The predicted molar refractivity (Wildman–Crippen MR) is 136 cm³/mol. The molecule has 0 radical (unpaired) electrons. The Morgan fingerprint density at radius 1 is 1.09 bits per heavy atom. The van der Waals surface area contributed by atoms with Crippen LogP contribution < -0.4 is 15.0 Å². The van der Waals surface area contributed by atoms with Crippen LogP contribution in [-0.4, -0.2) is 45.5 Å². The van der Waals surface area contributed by atoms with Crippen molar-refractivity contribution < 1.29 is 24.6 Å². The third-order valence-corrected chi connectivity index (χ3v) is 6.73. The van der Waals surface area contributed by atoms with E-state index >= 15 is 0 Å². The number of rotatable bonds is 14. The first-order valence-corrected chi connectivity index (χ1v) is 12.6. The Bertz CT molecular complexity index is 914. The van der Waals surface area contributed by atoms with E-state index in [-0.39, 0.29) is 23.3 Å². The number of aliphatic hydroxyl groups is 1. The number of ether oxygens (including phenoxy) is 2. The lowest BCUT2D eigenvalue weighted by Gasteiger charge is -2.30. The van der Waals surface area contributed by atoms with E-state index < -0.39 is 6.10 Å². The first kappa shape index (κ1) is 28.7. The lowest BCUT2D eigenvalue weighted by atomic mass is 9.75. The maximum Gasteiger partial charge on any atom is 0.243 e. The number of hydrogen-bond acceptors (Lipinski definition) is 6. The summed E-state index contributed by atoms with van der Waals surface area (Å²) in [5, 5.41) is 18.9. The quantitative estimate of drug-likeness (QED) is 0.168. The highest BCUT2D eigenvalue weighted by Gasteiger charge is 2.35. The highest BCUT2D eigenvalue weighted by atomic mass is 16.5. The number of benzene rings is 1. The number of aromatic nitrogens is 2. The molecule has 196 valence electrons. The van der Waals surface area contributed by atoms with Crippen LogP contribution >= 0.6 is 0 Å². The number of H-pyrrole nitrogens is 1. The molecule has 8 heteroatoms. The molecule has 35 heavy (non-hydrogen) atoms. The van der Waals surface area contributed by atoms with Gasteiger partial charge in [-0.1, -0.05) is 46.8 Å². The van der Waals surface area contributed by atoms with E-state index in [1.165, 1.54) is 0 Å². The molecule has 0 saturated carbocycles. The molecule has 0 fully saturated rings. The summed E-state index contributed by atoms with van der Waals surface area (Å²) in [7, 11) is 0. The van der Waals surface area contributed by atoms with E-state index in [2.05, 4.69) is 31.0 Å². The summed E-state index contributed by atoms with van der Waals surface area (Å²) in [6.45, 7) is 13.0. The molecule has 8 nitrogen and oxygen atoms in total. The van der Waals surface area contributed by atoms with Crippen molar-refractivity contribution in [3.63, 3.8) is 0 Å². The van der Waals surface area contributed by atoms with Crippen LogP contribution in [0.2, 0.25) is 0 Å². The van der Waals surface area contributed by atoms with E-state index in [4.69, 9.17) is 19.7 Å². The highest BCUT2D eigenvalue weighted by Crippen LogP contribution is 2.39. The number of aryl methyl sites for hydroxylation is 1. The number of carbonyl (C=O) groups excluding carboxylic acids is 1. The van der Waals surface area contributed by atoms with Crippen molar-refractivity contribution in [3.8, 4) is 11.6 Å². The Labute approximate surface area is 209 Å². The summed E-state index contributed by atoms with van der Waals surface area (Å²) in [4.78, 5) is 19.3. The normalized spacial score (nSPS) is 12.9. The van der Waals surface area contributed by atoms with E-state index in [1.54, 1.807) is 5.48 Å². The number of nitrogens with zero attached hydrogens (tertiary/aromatic N) is 1. The molecule has 0 spiro atoms. The van der Waals surface area contributed by atoms with Gasteiger partial charge in [-0.2, -0.15) is 4.98 Å². The van der Waals surface area contributed by atoms with Gasteiger partial charge in [-0.3, -0.25) is 10.0 Å². The van der Waals surface area contributed by atoms with Gasteiger partial charge in [0.2, 0.25) is 11.8 Å². The Hall–Kier alpha value is -2.58. The molecule has 1 atom stereocenters. The number of nitrogens with one attached hydrogen (secondary N) is 2. The van der Waals surface area contributed by atoms with E-state index in [9.17, 15) is 9.90 Å². The molecular weight excluding hydrogens is 446 g/mol. The lowest BCUT2D eigenvalue weighted by Crippen LogP contribution is -2.32. The zero-order valence-electron chi connectivity index (χ0n) is 22.1. The fourth-order valence-electron chi connectivity index (χ4n) is 4.03. The van der Waals surface area contributed by atoms with Crippen LogP contribution in [0, 0.1) is 12.3 Å². The topological polar surface area (TPSA) is 117 Å². The first-order chi connectivity index (χ1) is 16.6. The second-order valence-electron chi connectivity index (χ2n) is 10.2. The minimum absolute atomic E-state index is 0.195. The molecule has 1 amide bonds. The van der Waals surface area contributed by atoms with Gasteiger partial charge in [0.05, 0.1) is 23.8 Å². The number of hydrogen-bond donors (Lipinski definition) is 4. The zero-order chi connectivity index (χ0) is 26.1. The number of hydroxylamine groups is 1. The number of carbonyl (C=O) groups is 1. The summed E-state index contributed by atoms with van der Waals surface area (Å²) in [5.41, 5.74) is 3.10.